The maximum absolute atomic E-state index is 12.0. The highest BCUT2D eigenvalue weighted by atomic mass is 16.5. The molecule has 0 bridgehead atoms. The van der Waals surface area contributed by atoms with Crippen LogP contribution in [0.15, 0.2) is 36.4 Å². The average molecular weight is 327 g/mol. The summed E-state index contributed by atoms with van der Waals surface area (Å²) in [7, 11) is 0. The predicted molar refractivity (Wildman–Crippen MR) is 95.6 cm³/mol. The molecule has 0 atom stereocenters. The van der Waals surface area contributed by atoms with Crippen LogP contribution in [0, 0.1) is 20.8 Å². The quantitative estimate of drug-likeness (QED) is 0.843. The van der Waals surface area contributed by atoms with Crippen molar-refractivity contribution in [1.82, 2.24) is 5.32 Å². The summed E-state index contributed by atoms with van der Waals surface area (Å²) < 4.78 is 11.1. The topological polar surface area (TPSA) is 47.6 Å². The number of carbonyl (C=O) groups is 1. The van der Waals surface area contributed by atoms with Gasteiger partial charge in [-0.2, -0.15) is 0 Å². The van der Waals surface area contributed by atoms with Crippen molar-refractivity contribution < 1.29 is 14.3 Å². The van der Waals surface area contributed by atoms with Gasteiger partial charge in [0.1, 0.15) is 11.5 Å². The highest BCUT2D eigenvalue weighted by molar-refractivity contribution is 5.77. The summed E-state index contributed by atoms with van der Waals surface area (Å²) in [6, 6.07) is 11.8. The van der Waals surface area contributed by atoms with E-state index >= 15 is 0 Å². The van der Waals surface area contributed by atoms with Gasteiger partial charge in [0.2, 0.25) is 0 Å². The minimum atomic E-state index is -0.143. The van der Waals surface area contributed by atoms with E-state index in [4.69, 9.17) is 9.47 Å². The first-order chi connectivity index (χ1) is 11.5. The SMILES string of the molecule is CCOc1cccc(CNC(=O)COc2cc(C)cc(C)c2C)c1. The second-order valence-corrected chi connectivity index (χ2v) is 5.85. The number of aryl methyl sites for hydroxylation is 2. The molecule has 0 aromatic heterocycles. The van der Waals surface area contributed by atoms with E-state index in [2.05, 4.69) is 11.4 Å². The van der Waals surface area contributed by atoms with Crippen molar-refractivity contribution in [2.75, 3.05) is 13.2 Å². The van der Waals surface area contributed by atoms with E-state index in [0.717, 1.165) is 33.8 Å². The molecule has 2 aromatic carbocycles. The van der Waals surface area contributed by atoms with Crippen LogP contribution in [0.5, 0.6) is 11.5 Å². The molecule has 4 heteroatoms. The van der Waals surface area contributed by atoms with E-state index in [1.807, 2.05) is 58.0 Å². The number of nitrogens with one attached hydrogen (secondary N) is 1. The molecule has 0 heterocycles. The molecular formula is C20H25NO3. The fraction of sp³-hybridized carbons (Fsp3) is 0.350. The van der Waals surface area contributed by atoms with Crippen molar-refractivity contribution in [1.29, 1.82) is 0 Å². The van der Waals surface area contributed by atoms with E-state index < -0.39 is 0 Å². The summed E-state index contributed by atoms with van der Waals surface area (Å²) in [6.45, 7) is 9.09. The standard InChI is InChI=1S/C20H25NO3/c1-5-23-18-8-6-7-17(11-18)12-21-20(22)13-24-19-10-14(2)9-15(3)16(19)4/h6-11H,5,12-13H2,1-4H3,(H,21,22). The van der Waals surface area contributed by atoms with Gasteiger partial charge in [0, 0.05) is 6.54 Å². The molecule has 0 aliphatic carbocycles. The van der Waals surface area contributed by atoms with Crippen LogP contribution in [0.1, 0.15) is 29.2 Å². The van der Waals surface area contributed by atoms with E-state index in [1.54, 1.807) is 0 Å². The van der Waals surface area contributed by atoms with Gasteiger partial charge < -0.3 is 14.8 Å². The number of amides is 1. The molecule has 128 valence electrons. The van der Waals surface area contributed by atoms with Crippen molar-refractivity contribution >= 4 is 5.91 Å². The molecule has 0 fully saturated rings. The van der Waals surface area contributed by atoms with Gasteiger partial charge in [0.05, 0.1) is 6.61 Å². The molecule has 0 saturated heterocycles. The monoisotopic (exact) mass is 327 g/mol. The molecule has 1 N–H and O–H groups in total. The Morgan fingerprint density at radius 1 is 1.08 bits per heavy atom. The fourth-order valence-corrected chi connectivity index (χ4v) is 2.46. The summed E-state index contributed by atoms with van der Waals surface area (Å²) in [5.41, 5.74) is 4.36. The number of carbonyl (C=O) groups excluding carboxylic acids is 1. The van der Waals surface area contributed by atoms with Gasteiger partial charge in [-0.15, -0.1) is 0 Å². The first-order valence-corrected chi connectivity index (χ1v) is 8.18. The van der Waals surface area contributed by atoms with E-state index in [9.17, 15) is 4.79 Å². The lowest BCUT2D eigenvalue weighted by molar-refractivity contribution is -0.123. The third-order valence-electron chi connectivity index (χ3n) is 3.82. The van der Waals surface area contributed by atoms with E-state index in [0.29, 0.717) is 13.2 Å². The van der Waals surface area contributed by atoms with Gasteiger partial charge in [0.25, 0.3) is 5.91 Å². The smallest absolute Gasteiger partial charge is 0.258 e. The Hall–Kier alpha value is -2.49. The number of hydrogen-bond donors (Lipinski definition) is 1. The Bertz CT molecular complexity index is 710. The third-order valence-corrected chi connectivity index (χ3v) is 3.82. The zero-order valence-corrected chi connectivity index (χ0v) is 14.8. The summed E-state index contributed by atoms with van der Waals surface area (Å²) in [5.74, 6) is 1.43. The minimum Gasteiger partial charge on any atom is -0.494 e. The Morgan fingerprint density at radius 2 is 1.88 bits per heavy atom. The van der Waals surface area contributed by atoms with Crippen LogP contribution in [0.3, 0.4) is 0 Å². The molecule has 1 amide bonds. The highest BCUT2D eigenvalue weighted by Gasteiger charge is 2.07. The zero-order valence-electron chi connectivity index (χ0n) is 14.8. The molecule has 0 radical (unpaired) electrons. The molecule has 4 nitrogen and oxygen atoms in total. The molecular weight excluding hydrogens is 302 g/mol. The second-order valence-electron chi connectivity index (χ2n) is 5.85. The van der Waals surface area contributed by atoms with Crippen LogP contribution in [-0.2, 0) is 11.3 Å². The predicted octanol–water partition coefficient (Wildman–Crippen LogP) is 3.71. The maximum atomic E-state index is 12.0. The molecule has 0 aliphatic rings. The van der Waals surface area contributed by atoms with Gasteiger partial charge in [-0.1, -0.05) is 18.2 Å². The maximum Gasteiger partial charge on any atom is 0.258 e. The largest absolute Gasteiger partial charge is 0.494 e. The Kier molecular flexibility index (Phi) is 6.24. The number of rotatable bonds is 7. The van der Waals surface area contributed by atoms with Gasteiger partial charge in [-0.3, -0.25) is 4.79 Å². The Balaban J connectivity index is 1.87. The first-order valence-electron chi connectivity index (χ1n) is 8.18. The van der Waals surface area contributed by atoms with Crippen molar-refractivity contribution in [2.24, 2.45) is 0 Å². The lowest BCUT2D eigenvalue weighted by Crippen LogP contribution is -2.28. The zero-order chi connectivity index (χ0) is 17.5. The van der Waals surface area contributed by atoms with Crippen LogP contribution in [-0.4, -0.2) is 19.1 Å². The Labute approximate surface area is 143 Å². The van der Waals surface area contributed by atoms with Crippen molar-refractivity contribution in [3.63, 3.8) is 0 Å². The van der Waals surface area contributed by atoms with Gasteiger partial charge in [-0.25, -0.2) is 0 Å². The lowest BCUT2D eigenvalue weighted by atomic mass is 10.1. The molecule has 0 spiro atoms. The van der Waals surface area contributed by atoms with Gasteiger partial charge in [0.15, 0.2) is 6.61 Å². The normalized spacial score (nSPS) is 10.3. The van der Waals surface area contributed by atoms with Crippen LogP contribution in [0.25, 0.3) is 0 Å². The fourth-order valence-electron chi connectivity index (χ4n) is 2.46. The molecule has 2 rings (SSSR count). The number of ether oxygens (including phenoxy) is 2. The highest BCUT2D eigenvalue weighted by Crippen LogP contribution is 2.23. The van der Waals surface area contributed by atoms with Gasteiger partial charge in [-0.05, 0) is 68.1 Å². The number of benzene rings is 2. The minimum absolute atomic E-state index is 0.00881. The second kappa shape index (κ2) is 8.39. The average Bonchev–Trinajstić information content (AvgIpc) is 2.55. The summed E-state index contributed by atoms with van der Waals surface area (Å²) >= 11 is 0. The lowest BCUT2D eigenvalue weighted by Gasteiger charge is -2.12. The summed E-state index contributed by atoms with van der Waals surface area (Å²) in [4.78, 5) is 12.0. The van der Waals surface area contributed by atoms with Crippen LogP contribution in [0.4, 0.5) is 0 Å². The van der Waals surface area contributed by atoms with Crippen LogP contribution in [0.2, 0.25) is 0 Å². The van der Waals surface area contributed by atoms with E-state index in [1.165, 1.54) is 0 Å². The molecule has 0 saturated carbocycles. The van der Waals surface area contributed by atoms with Gasteiger partial charge >= 0.3 is 0 Å². The van der Waals surface area contributed by atoms with E-state index in [-0.39, 0.29) is 12.5 Å². The van der Waals surface area contributed by atoms with Crippen molar-refractivity contribution in [2.45, 2.75) is 34.2 Å². The Morgan fingerprint density at radius 3 is 2.62 bits per heavy atom. The molecule has 0 unspecified atom stereocenters. The van der Waals surface area contributed by atoms with Crippen LogP contribution < -0.4 is 14.8 Å². The molecule has 24 heavy (non-hydrogen) atoms. The summed E-state index contributed by atoms with van der Waals surface area (Å²) in [6.07, 6.45) is 0. The molecule has 2 aromatic rings. The molecule has 0 aliphatic heterocycles. The van der Waals surface area contributed by atoms with Crippen LogP contribution >= 0.6 is 0 Å². The third kappa shape index (κ3) is 5.01. The summed E-state index contributed by atoms with van der Waals surface area (Å²) in [5, 5.41) is 2.87. The van der Waals surface area contributed by atoms with Crippen molar-refractivity contribution in [3.05, 3.63) is 58.7 Å². The first kappa shape index (κ1) is 17.9. The number of hydrogen-bond acceptors (Lipinski definition) is 3. The van der Waals surface area contributed by atoms with Crippen molar-refractivity contribution in [3.8, 4) is 11.5 Å².